The maximum Gasteiger partial charge on any atom is 0.0677 e. The molecule has 0 spiro atoms. The molecule has 3 rings (SSSR count). The fourth-order valence-corrected chi connectivity index (χ4v) is 3.10. The zero-order chi connectivity index (χ0) is 12.4. The molecule has 1 N–H and O–H groups in total. The van der Waals surface area contributed by atoms with Gasteiger partial charge in [-0.3, -0.25) is 4.68 Å². The largest absolute Gasteiger partial charge is 0.314 e. The van der Waals surface area contributed by atoms with E-state index in [1.165, 1.54) is 21.3 Å². The molecule has 0 atom stereocenters. The number of nitrogens with zero attached hydrogens (tertiary/aromatic N) is 2. The number of nitrogens with one attached hydrogen (secondary N) is 1. The van der Waals surface area contributed by atoms with Gasteiger partial charge in [-0.25, -0.2) is 0 Å². The number of fused-ring (bicyclic) bond motifs is 1. The smallest absolute Gasteiger partial charge is 0.0677 e. The number of hydrogen-bond acceptors (Lipinski definition) is 3. The first-order chi connectivity index (χ1) is 8.88. The Balaban J connectivity index is 1.94. The van der Waals surface area contributed by atoms with Gasteiger partial charge < -0.3 is 5.32 Å². The lowest BCUT2D eigenvalue weighted by Gasteiger charge is -2.06. The van der Waals surface area contributed by atoms with Crippen LogP contribution in [-0.4, -0.2) is 16.8 Å². The molecule has 0 aliphatic carbocycles. The van der Waals surface area contributed by atoms with Crippen LogP contribution in [0.4, 0.5) is 0 Å². The SMILES string of the molecule is CNCc1ccnn1Cc1csc2ccccc12. The molecule has 0 aliphatic rings. The normalized spacial score (nSPS) is 11.2. The van der Waals surface area contributed by atoms with Crippen LogP contribution in [0.1, 0.15) is 11.3 Å². The topological polar surface area (TPSA) is 29.9 Å². The first-order valence-electron chi connectivity index (χ1n) is 5.99. The zero-order valence-corrected chi connectivity index (χ0v) is 11.1. The van der Waals surface area contributed by atoms with E-state index in [0.717, 1.165) is 13.1 Å². The average Bonchev–Trinajstić information content (AvgIpc) is 2.99. The van der Waals surface area contributed by atoms with Crippen molar-refractivity contribution in [2.75, 3.05) is 7.05 Å². The summed E-state index contributed by atoms with van der Waals surface area (Å²) in [5, 5.41) is 11.1. The Labute approximate surface area is 110 Å². The highest BCUT2D eigenvalue weighted by Gasteiger charge is 2.07. The summed E-state index contributed by atoms with van der Waals surface area (Å²) in [5.74, 6) is 0. The Bertz CT molecular complexity index is 654. The molecule has 3 aromatic rings. The highest BCUT2D eigenvalue weighted by Crippen LogP contribution is 2.26. The minimum absolute atomic E-state index is 0.841. The van der Waals surface area contributed by atoms with Gasteiger partial charge in [0.1, 0.15) is 0 Å². The number of aromatic nitrogens is 2. The Morgan fingerprint density at radius 3 is 3.06 bits per heavy atom. The predicted octanol–water partition coefficient (Wildman–Crippen LogP) is 2.87. The molecule has 1 aromatic carbocycles. The summed E-state index contributed by atoms with van der Waals surface area (Å²) >= 11 is 1.80. The Hall–Kier alpha value is -1.65. The fraction of sp³-hybridized carbons (Fsp3) is 0.214. The van der Waals surface area contributed by atoms with Crippen LogP contribution in [0.3, 0.4) is 0 Å². The van der Waals surface area contributed by atoms with Crippen LogP contribution in [0, 0.1) is 0 Å². The number of rotatable bonds is 4. The molecule has 4 heteroatoms. The molecule has 0 aliphatic heterocycles. The lowest BCUT2D eigenvalue weighted by molar-refractivity contribution is 0.625. The molecule has 18 heavy (non-hydrogen) atoms. The van der Waals surface area contributed by atoms with Gasteiger partial charge in [-0.1, -0.05) is 18.2 Å². The van der Waals surface area contributed by atoms with Gasteiger partial charge >= 0.3 is 0 Å². The van der Waals surface area contributed by atoms with Gasteiger partial charge in [0.2, 0.25) is 0 Å². The van der Waals surface area contributed by atoms with E-state index in [0.29, 0.717) is 0 Å². The van der Waals surface area contributed by atoms with Crippen LogP contribution < -0.4 is 5.32 Å². The Morgan fingerprint density at radius 1 is 1.28 bits per heavy atom. The lowest BCUT2D eigenvalue weighted by Crippen LogP contribution is -2.12. The van der Waals surface area contributed by atoms with Gasteiger partial charge in [0.05, 0.1) is 12.2 Å². The summed E-state index contributed by atoms with van der Waals surface area (Å²) in [5.41, 5.74) is 2.56. The Morgan fingerprint density at radius 2 is 2.17 bits per heavy atom. The molecule has 0 unspecified atom stereocenters. The van der Waals surface area contributed by atoms with E-state index in [-0.39, 0.29) is 0 Å². The van der Waals surface area contributed by atoms with Crippen LogP contribution in [0.25, 0.3) is 10.1 Å². The van der Waals surface area contributed by atoms with E-state index in [2.05, 4.69) is 50.8 Å². The van der Waals surface area contributed by atoms with Crippen LogP contribution in [0.5, 0.6) is 0 Å². The third kappa shape index (κ3) is 2.05. The average molecular weight is 257 g/mol. The first-order valence-corrected chi connectivity index (χ1v) is 6.87. The summed E-state index contributed by atoms with van der Waals surface area (Å²) in [4.78, 5) is 0. The standard InChI is InChI=1S/C14H15N3S/c1-15-8-12-6-7-16-17(12)9-11-10-18-14-5-3-2-4-13(11)14/h2-7,10,15H,8-9H2,1H3. The van der Waals surface area contributed by atoms with E-state index in [4.69, 9.17) is 0 Å². The summed E-state index contributed by atoms with van der Waals surface area (Å²) < 4.78 is 3.40. The monoisotopic (exact) mass is 257 g/mol. The van der Waals surface area contributed by atoms with Gasteiger partial charge in [-0.2, -0.15) is 5.10 Å². The highest BCUT2D eigenvalue weighted by atomic mass is 32.1. The molecule has 0 saturated heterocycles. The second kappa shape index (κ2) is 4.92. The zero-order valence-electron chi connectivity index (χ0n) is 10.3. The maximum atomic E-state index is 4.40. The second-order valence-electron chi connectivity index (χ2n) is 4.27. The van der Waals surface area contributed by atoms with Gasteiger partial charge in [-0.05, 0) is 35.5 Å². The quantitative estimate of drug-likeness (QED) is 0.779. The molecule has 0 radical (unpaired) electrons. The van der Waals surface area contributed by atoms with Crippen molar-refractivity contribution in [1.29, 1.82) is 0 Å². The van der Waals surface area contributed by atoms with Crippen molar-refractivity contribution in [3.63, 3.8) is 0 Å². The minimum Gasteiger partial charge on any atom is -0.314 e. The maximum absolute atomic E-state index is 4.40. The van der Waals surface area contributed by atoms with Gasteiger partial charge in [-0.15, -0.1) is 11.3 Å². The minimum atomic E-state index is 0.841. The van der Waals surface area contributed by atoms with Crippen molar-refractivity contribution >= 4 is 21.4 Å². The van der Waals surface area contributed by atoms with Gasteiger partial charge in [0.15, 0.2) is 0 Å². The molecule has 0 bridgehead atoms. The van der Waals surface area contributed by atoms with Crippen molar-refractivity contribution < 1.29 is 0 Å². The molecule has 2 aromatic heterocycles. The lowest BCUT2D eigenvalue weighted by atomic mass is 10.2. The fourth-order valence-electron chi connectivity index (χ4n) is 2.15. The van der Waals surface area contributed by atoms with E-state index in [1.807, 2.05) is 13.2 Å². The van der Waals surface area contributed by atoms with Crippen LogP contribution in [0.2, 0.25) is 0 Å². The molecular weight excluding hydrogens is 242 g/mol. The first kappa shape index (κ1) is 11.4. The van der Waals surface area contributed by atoms with Crippen molar-refractivity contribution in [2.45, 2.75) is 13.1 Å². The predicted molar refractivity (Wildman–Crippen MR) is 75.9 cm³/mol. The number of thiophene rings is 1. The number of benzene rings is 1. The van der Waals surface area contributed by atoms with Crippen LogP contribution >= 0.6 is 11.3 Å². The molecule has 3 nitrogen and oxygen atoms in total. The van der Waals surface area contributed by atoms with Crippen molar-refractivity contribution in [3.8, 4) is 0 Å². The molecular formula is C14H15N3S. The van der Waals surface area contributed by atoms with Crippen molar-refractivity contribution in [1.82, 2.24) is 15.1 Å². The van der Waals surface area contributed by atoms with E-state index < -0.39 is 0 Å². The summed E-state index contributed by atoms with van der Waals surface area (Å²) in [6.45, 7) is 1.69. The van der Waals surface area contributed by atoms with Crippen molar-refractivity contribution in [3.05, 3.63) is 53.2 Å². The summed E-state index contributed by atoms with van der Waals surface area (Å²) in [7, 11) is 1.96. The molecule has 0 saturated carbocycles. The molecule has 2 heterocycles. The Kier molecular flexibility index (Phi) is 3.13. The van der Waals surface area contributed by atoms with E-state index in [1.54, 1.807) is 11.3 Å². The highest BCUT2D eigenvalue weighted by molar-refractivity contribution is 7.17. The molecule has 0 fully saturated rings. The summed E-state index contributed by atoms with van der Waals surface area (Å²) in [6.07, 6.45) is 1.86. The van der Waals surface area contributed by atoms with Gasteiger partial charge in [0, 0.05) is 17.4 Å². The molecule has 0 amide bonds. The van der Waals surface area contributed by atoms with E-state index in [9.17, 15) is 0 Å². The number of hydrogen-bond donors (Lipinski definition) is 1. The van der Waals surface area contributed by atoms with Crippen LogP contribution in [-0.2, 0) is 13.1 Å². The molecule has 92 valence electrons. The second-order valence-corrected chi connectivity index (χ2v) is 5.18. The van der Waals surface area contributed by atoms with E-state index >= 15 is 0 Å². The van der Waals surface area contributed by atoms with Gasteiger partial charge in [0.25, 0.3) is 0 Å². The van der Waals surface area contributed by atoms with Crippen molar-refractivity contribution in [2.24, 2.45) is 0 Å². The third-order valence-corrected chi connectivity index (χ3v) is 4.06. The van der Waals surface area contributed by atoms with Crippen LogP contribution in [0.15, 0.2) is 41.9 Å². The summed E-state index contributed by atoms with van der Waals surface area (Å²) in [6, 6.07) is 10.6. The third-order valence-electron chi connectivity index (χ3n) is 3.04.